The maximum Gasteiger partial charge on any atom is 0.0840 e. The van der Waals surface area contributed by atoms with E-state index >= 15 is 0 Å². The van der Waals surface area contributed by atoms with Gasteiger partial charge in [0.2, 0.25) is 0 Å². The molecule has 0 bridgehead atoms. The molecule has 2 nitrogen and oxygen atoms in total. The van der Waals surface area contributed by atoms with Crippen LogP contribution in [0.1, 0.15) is 18.2 Å². The third-order valence-electron chi connectivity index (χ3n) is 1.47. The quantitative estimate of drug-likeness (QED) is 0.561. The lowest BCUT2D eigenvalue weighted by atomic mass is 10.2. The van der Waals surface area contributed by atoms with Gasteiger partial charge in [0, 0.05) is 12.4 Å². The van der Waals surface area contributed by atoms with Crippen LogP contribution in [0.2, 0.25) is 0 Å². The van der Waals surface area contributed by atoms with E-state index in [1.54, 1.807) is 6.21 Å². The Morgan fingerprint density at radius 2 is 2.18 bits per heavy atom. The molecule has 0 aliphatic rings. The highest BCUT2D eigenvalue weighted by Crippen LogP contribution is 2.16. The predicted molar refractivity (Wildman–Crippen MR) is 47.5 cm³/mol. The smallest absolute Gasteiger partial charge is 0.0840 e. The van der Waals surface area contributed by atoms with E-state index in [9.17, 15) is 0 Å². The topological polar surface area (TPSA) is 25.2 Å². The summed E-state index contributed by atoms with van der Waals surface area (Å²) < 4.78 is 0. The fourth-order valence-electron chi connectivity index (χ4n) is 0.892. The van der Waals surface area contributed by atoms with Crippen molar-refractivity contribution in [2.24, 2.45) is 4.99 Å². The van der Waals surface area contributed by atoms with Crippen molar-refractivity contribution in [2.75, 3.05) is 0 Å². The highest BCUT2D eigenvalue weighted by atomic mass is 14.8. The van der Waals surface area contributed by atoms with Crippen molar-refractivity contribution < 1.29 is 0 Å². The van der Waals surface area contributed by atoms with E-state index in [0.717, 1.165) is 16.9 Å². The SMILES string of the molecule is CC=Nc1cc(C)cnc1C. The molecule has 0 radical (unpaired) electrons. The summed E-state index contributed by atoms with van der Waals surface area (Å²) in [6.07, 6.45) is 3.63. The first-order valence-electron chi connectivity index (χ1n) is 3.66. The molecule has 0 aromatic carbocycles. The second kappa shape index (κ2) is 3.28. The molecule has 58 valence electrons. The predicted octanol–water partition coefficient (Wildman–Crippen LogP) is 2.42. The number of pyridine rings is 1. The normalized spacial score (nSPS) is 10.8. The summed E-state index contributed by atoms with van der Waals surface area (Å²) in [5, 5.41) is 0. The summed E-state index contributed by atoms with van der Waals surface area (Å²) in [6, 6.07) is 2.03. The lowest BCUT2D eigenvalue weighted by Crippen LogP contribution is -1.82. The maximum atomic E-state index is 4.18. The monoisotopic (exact) mass is 148 g/mol. The molecule has 11 heavy (non-hydrogen) atoms. The van der Waals surface area contributed by atoms with Gasteiger partial charge >= 0.3 is 0 Å². The lowest BCUT2D eigenvalue weighted by Gasteiger charge is -1.98. The molecule has 0 spiro atoms. The first-order valence-corrected chi connectivity index (χ1v) is 3.66. The molecular weight excluding hydrogens is 136 g/mol. The Balaban J connectivity index is 3.12. The van der Waals surface area contributed by atoms with Crippen LogP contribution in [0.3, 0.4) is 0 Å². The Bertz CT molecular complexity index is 277. The van der Waals surface area contributed by atoms with Gasteiger partial charge in [-0.1, -0.05) is 0 Å². The van der Waals surface area contributed by atoms with Gasteiger partial charge < -0.3 is 0 Å². The van der Waals surface area contributed by atoms with Gasteiger partial charge in [-0.3, -0.25) is 9.98 Å². The average molecular weight is 148 g/mol. The van der Waals surface area contributed by atoms with Gasteiger partial charge in [-0.2, -0.15) is 0 Å². The van der Waals surface area contributed by atoms with Crippen LogP contribution in [0.5, 0.6) is 0 Å². The van der Waals surface area contributed by atoms with Crippen LogP contribution < -0.4 is 0 Å². The van der Waals surface area contributed by atoms with E-state index in [1.807, 2.05) is 33.0 Å². The zero-order valence-electron chi connectivity index (χ0n) is 7.13. The molecule has 0 amide bonds. The van der Waals surface area contributed by atoms with Crippen LogP contribution in [0.15, 0.2) is 17.3 Å². The molecule has 0 N–H and O–H groups in total. The lowest BCUT2D eigenvalue weighted by molar-refractivity contribution is 1.16. The molecule has 0 atom stereocenters. The summed E-state index contributed by atoms with van der Waals surface area (Å²) in [7, 11) is 0. The highest BCUT2D eigenvalue weighted by Gasteiger charge is 1.95. The average Bonchev–Trinajstić information content (AvgIpc) is 1.98. The Hall–Kier alpha value is -1.18. The van der Waals surface area contributed by atoms with Crippen LogP contribution in [0, 0.1) is 13.8 Å². The van der Waals surface area contributed by atoms with E-state index in [0.29, 0.717) is 0 Å². The molecule has 1 aromatic rings. The van der Waals surface area contributed by atoms with Crippen molar-refractivity contribution in [3.05, 3.63) is 23.5 Å². The minimum Gasteiger partial charge on any atom is -0.260 e. The van der Waals surface area contributed by atoms with Crippen molar-refractivity contribution in [1.29, 1.82) is 0 Å². The van der Waals surface area contributed by atoms with Crippen LogP contribution >= 0.6 is 0 Å². The van der Waals surface area contributed by atoms with E-state index < -0.39 is 0 Å². The first-order chi connectivity index (χ1) is 5.24. The van der Waals surface area contributed by atoms with Gasteiger partial charge in [0.25, 0.3) is 0 Å². The van der Waals surface area contributed by atoms with Gasteiger partial charge in [-0.05, 0) is 32.4 Å². The summed E-state index contributed by atoms with van der Waals surface area (Å²) in [5.41, 5.74) is 3.09. The highest BCUT2D eigenvalue weighted by molar-refractivity contribution is 5.61. The van der Waals surface area contributed by atoms with E-state index in [1.165, 1.54) is 0 Å². The number of aryl methyl sites for hydroxylation is 2. The zero-order chi connectivity index (χ0) is 8.27. The molecule has 0 aliphatic carbocycles. The zero-order valence-corrected chi connectivity index (χ0v) is 7.13. The molecule has 0 fully saturated rings. The number of aliphatic imine (C=N–C) groups is 1. The molecule has 1 heterocycles. The van der Waals surface area contributed by atoms with Crippen molar-refractivity contribution in [3.8, 4) is 0 Å². The first kappa shape index (κ1) is 7.92. The minimum absolute atomic E-state index is 0.965. The summed E-state index contributed by atoms with van der Waals surface area (Å²) in [5.74, 6) is 0. The largest absolute Gasteiger partial charge is 0.260 e. The Kier molecular flexibility index (Phi) is 2.36. The Labute approximate surface area is 67.0 Å². The van der Waals surface area contributed by atoms with Crippen LogP contribution in [-0.2, 0) is 0 Å². The van der Waals surface area contributed by atoms with Crippen molar-refractivity contribution >= 4 is 11.9 Å². The second-order valence-corrected chi connectivity index (χ2v) is 2.50. The number of hydrogen-bond donors (Lipinski definition) is 0. The number of aromatic nitrogens is 1. The maximum absolute atomic E-state index is 4.18. The van der Waals surface area contributed by atoms with Crippen molar-refractivity contribution in [1.82, 2.24) is 4.98 Å². The Morgan fingerprint density at radius 3 is 2.82 bits per heavy atom. The molecule has 2 heteroatoms. The third kappa shape index (κ3) is 1.87. The summed E-state index contributed by atoms with van der Waals surface area (Å²) in [4.78, 5) is 8.36. The van der Waals surface area contributed by atoms with E-state index in [-0.39, 0.29) is 0 Å². The van der Waals surface area contributed by atoms with Crippen LogP contribution in [0.25, 0.3) is 0 Å². The number of nitrogens with zero attached hydrogens (tertiary/aromatic N) is 2. The standard InChI is InChI=1S/C9H12N2/c1-4-10-9-5-7(2)6-11-8(9)3/h4-6H,1-3H3. The molecule has 0 saturated carbocycles. The molecule has 1 aromatic heterocycles. The van der Waals surface area contributed by atoms with Crippen LogP contribution in [0.4, 0.5) is 5.69 Å². The van der Waals surface area contributed by atoms with Crippen LogP contribution in [-0.4, -0.2) is 11.2 Å². The second-order valence-electron chi connectivity index (χ2n) is 2.50. The van der Waals surface area contributed by atoms with Crippen molar-refractivity contribution in [2.45, 2.75) is 20.8 Å². The number of rotatable bonds is 1. The van der Waals surface area contributed by atoms with Crippen molar-refractivity contribution in [3.63, 3.8) is 0 Å². The third-order valence-corrected chi connectivity index (χ3v) is 1.47. The van der Waals surface area contributed by atoms with Gasteiger partial charge in [0.1, 0.15) is 0 Å². The molecule has 0 saturated heterocycles. The van der Waals surface area contributed by atoms with Gasteiger partial charge in [0.05, 0.1) is 11.4 Å². The number of hydrogen-bond acceptors (Lipinski definition) is 2. The summed E-state index contributed by atoms with van der Waals surface area (Å²) in [6.45, 7) is 5.88. The van der Waals surface area contributed by atoms with E-state index in [4.69, 9.17) is 0 Å². The minimum atomic E-state index is 0.965. The molecule has 1 rings (SSSR count). The summed E-state index contributed by atoms with van der Waals surface area (Å²) >= 11 is 0. The fraction of sp³-hybridized carbons (Fsp3) is 0.333. The van der Waals surface area contributed by atoms with Gasteiger partial charge in [-0.15, -0.1) is 0 Å². The fourth-order valence-corrected chi connectivity index (χ4v) is 0.892. The van der Waals surface area contributed by atoms with E-state index in [2.05, 4.69) is 9.98 Å². The molecule has 0 unspecified atom stereocenters. The molecule has 0 aliphatic heterocycles. The van der Waals surface area contributed by atoms with Gasteiger partial charge in [-0.25, -0.2) is 0 Å². The molecular formula is C9H12N2. The Morgan fingerprint density at radius 1 is 1.45 bits per heavy atom. The van der Waals surface area contributed by atoms with Gasteiger partial charge in [0.15, 0.2) is 0 Å².